The lowest BCUT2D eigenvalue weighted by Gasteiger charge is -2.13. The van der Waals surface area contributed by atoms with Gasteiger partial charge in [-0.1, -0.05) is 25.3 Å². The quantitative estimate of drug-likeness (QED) is 0.581. The molecule has 0 saturated carbocycles. The molecule has 0 saturated heterocycles. The molecule has 0 amide bonds. The summed E-state index contributed by atoms with van der Waals surface area (Å²) in [5, 5.41) is 3.22. The molecule has 1 nitrogen and oxygen atoms in total. The standard InChI is InChI=1S/C7H11NS/c1-3-4-8-5-6-9-7(8)2/h5-6H,2-4H2,1H3. The van der Waals surface area contributed by atoms with E-state index >= 15 is 0 Å². The summed E-state index contributed by atoms with van der Waals surface area (Å²) in [4.78, 5) is 2.17. The van der Waals surface area contributed by atoms with Crippen molar-refractivity contribution in [2.75, 3.05) is 6.54 Å². The minimum atomic E-state index is 1.10. The summed E-state index contributed by atoms with van der Waals surface area (Å²) in [7, 11) is 0. The fourth-order valence-electron chi connectivity index (χ4n) is 0.773. The molecule has 2 heteroatoms. The number of thioether (sulfide) groups is 1. The Kier molecular flexibility index (Phi) is 2.22. The van der Waals surface area contributed by atoms with Crippen LogP contribution in [0.3, 0.4) is 0 Å². The summed E-state index contributed by atoms with van der Waals surface area (Å²) in [5.74, 6) is 0. The van der Waals surface area contributed by atoms with Crippen molar-refractivity contribution < 1.29 is 0 Å². The molecule has 0 fully saturated rings. The normalized spacial score (nSPS) is 17.4. The molecule has 0 bridgehead atoms. The zero-order valence-electron chi connectivity index (χ0n) is 5.63. The molecular weight excluding hydrogens is 130 g/mol. The number of rotatable bonds is 2. The molecule has 9 heavy (non-hydrogen) atoms. The summed E-state index contributed by atoms with van der Waals surface area (Å²) in [6.07, 6.45) is 3.26. The fraction of sp³-hybridized carbons (Fsp3) is 0.429. The summed E-state index contributed by atoms with van der Waals surface area (Å²) in [6.45, 7) is 7.15. The van der Waals surface area contributed by atoms with Gasteiger partial charge >= 0.3 is 0 Å². The molecule has 50 valence electrons. The fourth-order valence-corrected chi connectivity index (χ4v) is 1.43. The number of hydrogen-bond acceptors (Lipinski definition) is 2. The van der Waals surface area contributed by atoms with E-state index in [0.29, 0.717) is 0 Å². The van der Waals surface area contributed by atoms with Crippen molar-refractivity contribution in [1.82, 2.24) is 4.90 Å². The van der Waals surface area contributed by atoms with Gasteiger partial charge in [-0.2, -0.15) is 0 Å². The van der Waals surface area contributed by atoms with Gasteiger partial charge in [0.25, 0.3) is 0 Å². The second-order valence-corrected chi connectivity index (χ2v) is 2.97. The van der Waals surface area contributed by atoms with Gasteiger partial charge in [0.15, 0.2) is 0 Å². The van der Waals surface area contributed by atoms with Crippen molar-refractivity contribution in [2.24, 2.45) is 0 Å². The van der Waals surface area contributed by atoms with E-state index in [0.717, 1.165) is 11.6 Å². The molecule has 0 N–H and O–H groups in total. The van der Waals surface area contributed by atoms with Gasteiger partial charge in [0, 0.05) is 12.7 Å². The Morgan fingerprint density at radius 3 is 3.00 bits per heavy atom. The van der Waals surface area contributed by atoms with E-state index in [4.69, 9.17) is 0 Å². The zero-order chi connectivity index (χ0) is 6.69. The molecule has 0 aromatic heterocycles. The highest BCUT2D eigenvalue weighted by Crippen LogP contribution is 2.26. The zero-order valence-corrected chi connectivity index (χ0v) is 6.45. The molecule has 0 unspecified atom stereocenters. The monoisotopic (exact) mass is 141 g/mol. The van der Waals surface area contributed by atoms with Gasteiger partial charge in [-0.15, -0.1) is 0 Å². The molecule has 0 aromatic rings. The van der Waals surface area contributed by atoms with E-state index in [1.807, 2.05) is 0 Å². The van der Waals surface area contributed by atoms with Crippen LogP contribution in [0.1, 0.15) is 13.3 Å². The van der Waals surface area contributed by atoms with E-state index < -0.39 is 0 Å². The van der Waals surface area contributed by atoms with Crippen LogP contribution in [0.25, 0.3) is 0 Å². The predicted molar refractivity (Wildman–Crippen MR) is 42.9 cm³/mol. The third-order valence-electron chi connectivity index (χ3n) is 1.23. The van der Waals surface area contributed by atoms with Crippen LogP contribution in [0.2, 0.25) is 0 Å². The Balaban J connectivity index is 2.40. The smallest absolute Gasteiger partial charge is 0.0717 e. The summed E-state index contributed by atoms with van der Waals surface area (Å²) in [5.41, 5.74) is 0. The lowest BCUT2D eigenvalue weighted by atomic mass is 10.4. The van der Waals surface area contributed by atoms with Gasteiger partial charge in [-0.3, -0.25) is 0 Å². The first-order valence-electron chi connectivity index (χ1n) is 3.13. The summed E-state index contributed by atoms with van der Waals surface area (Å²) < 4.78 is 0. The minimum Gasteiger partial charge on any atom is -0.343 e. The Labute approximate surface area is 60.4 Å². The van der Waals surface area contributed by atoms with Crippen molar-refractivity contribution in [3.63, 3.8) is 0 Å². The average Bonchev–Trinajstić information content (AvgIpc) is 2.18. The Morgan fingerprint density at radius 2 is 2.56 bits per heavy atom. The lowest BCUT2D eigenvalue weighted by molar-refractivity contribution is 0.498. The van der Waals surface area contributed by atoms with Crippen LogP contribution in [0.4, 0.5) is 0 Å². The molecule has 0 aliphatic carbocycles. The summed E-state index contributed by atoms with van der Waals surface area (Å²) in [6, 6.07) is 0. The van der Waals surface area contributed by atoms with Crippen LogP contribution in [0.5, 0.6) is 0 Å². The minimum absolute atomic E-state index is 1.10. The van der Waals surface area contributed by atoms with Crippen LogP contribution in [-0.4, -0.2) is 11.4 Å². The molecule has 0 atom stereocenters. The predicted octanol–water partition coefficient (Wildman–Crippen LogP) is 2.39. The van der Waals surface area contributed by atoms with E-state index in [9.17, 15) is 0 Å². The third kappa shape index (κ3) is 1.52. The van der Waals surface area contributed by atoms with Gasteiger partial charge in [0.1, 0.15) is 0 Å². The summed E-state index contributed by atoms with van der Waals surface area (Å²) >= 11 is 1.70. The highest BCUT2D eigenvalue weighted by Gasteiger charge is 2.06. The molecular formula is C7H11NS. The van der Waals surface area contributed by atoms with Gasteiger partial charge in [0.05, 0.1) is 5.03 Å². The van der Waals surface area contributed by atoms with Crippen LogP contribution < -0.4 is 0 Å². The lowest BCUT2D eigenvalue weighted by Crippen LogP contribution is -2.10. The van der Waals surface area contributed by atoms with Gasteiger partial charge in [-0.05, 0) is 11.8 Å². The number of nitrogens with zero attached hydrogens (tertiary/aromatic N) is 1. The molecule has 0 spiro atoms. The first-order valence-corrected chi connectivity index (χ1v) is 4.01. The van der Waals surface area contributed by atoms with E-state index in [2.05, 4.69) is 30.0 Å². The van der Waals surface area contributed by atoms with Gasteiger partial charge < -0.3 is 4.90 Å². The van der Waals surface area contributed by atoms with Crippen molar-refractivity contribution in [1.29, 1.82) is 0 Å². The molecule has 0 radical (unpaired) electrons. The second kappa shape index (κ2) is 2.97. The van der Waals surface area contributed by atoms with Crippen LogP contribution in [-0.2, 0) is 0 Å². The molecule has 0 aromatic carbocycles. The maximum absolute atomic E-state index is 3.88. The highest BCUT2D eigenvalue weighted by molar-refractivity contribution is 8.05. The van der Waals surface area contributed by atoms with Crippen molar-refractivity contribution in [3.8, 4) is 0 Å². The first-order chi connectivity index (χ1) is 4.34. The molecule has 1 aliphatic heterocycles. The van der Waals surface area contributed by atoms with Crippen molar-refractivity contribution >= 4 is 11.8 Å². The second-order valence-electron chi connectivity index (χ2n) is 1.99. The Hall–Kier alpha value is -0.370. The van der Waals surface area contributed by atoms with E-state index in [1.54, 1.807) is 11.8 Å². The number of hydrogen-bond donors (Lipinski definition) is 0. The van der Waals surface area contributed by atoms with Crippen molar-refractivity contribution in [2.45, 2.75) is 13.3 Å². The maximum Gasteiger partial charge on any atom is 0.0717 e. The Bertz CT molecular complexity index is 140. The average molecular weight is 141 g/mol. The van der Waals surface area contributed by atoms with Crippen LogP contribution >= 0.6 is 11.8 Å². The van der Waals surface area contributed by atoms with Crippen LogP contribution in [0, 0.1) is 0 Å². The Morgan fingerprint density at radius 1 is 1.78 bits per heavy atom. The molecule has 1 heterocycles. The van der Waals surface area contributed by atoms with Crippen LogP contribution in [0.15, 0.2) is 23.2 Å². The SMILES string of the molecule is C=C1SC=CN1CCC. The highest BCUT2D eigenvalue weighted by atomic mass is 32.2. The van der Waals surface area contributed by atoms with Crippen molar-refractivity contribution in [3.05, 3.63) is 23.2 Å². The topological polar surface area (TPSA) is 3.24 Å². The van der Waals surface area contributed by atoms with Gasteiger partial charge in [0.2, 0.25) is 0 Å². The maximum atomic E-state index is 3.88. The molecule has 1 rings (SSSR count). The molecule has 1 aliphatic rings. The van der Waals surface area contributed by atoms with E-state index in [-0.39, 0.29) is 0 Å². The largest absolute Gasteiger partial charge is 0.343 e. The third-order valence-corrected chi connectivity index (χ3v) is 1.99. The van der Waals surface area contributed by atoms with Gasteiger partial charge in [-0.25, -0.2) is 0 Å². The first kappa shape index (κ1) is 6.75. The van der Waals surface area contributed by atoms with E-state index in [1.165, 1.54) is 6.42 Å².